The molecule has 1 aromatic carbocycles. The van der Waals surface area contributed by atoms with Crippen LogP contribution in [0.15, 0.2) is 22.7 Å². The molecule has 2 atom stereocenters. The van der Waals surface area contributed by atoms with Crippen molar-refractivity contribution in [2.75, 3.05) is 6.54 Å². The number of aliphatic hydroxyl groups is 1. The van der Waals surface area contributed by atoms with E-state index >= 15 is 0 Å². The van der Waals surface area contributed by atoms with Gasteiger partial charge in [0.2, 0.25) is 0 Å². The van der Waals surface area contributed by atoms with Crippen LogP contribution in [0.5, 0.6) is 5.75 Å². The molecule has 0 aliphatic rings. The summed E-state index contributed by atoms with van der Waals surface area (Å²) in [5.74, 6) is -0.160. The van der Waals surface area contributed by atoms with Gasteiger partial charge in [-0.3, -0.25) is 10.1 Å². The molecule has 0 radical (unpaired) electrons. The van der Waals surface area contributed by atoms with Gasteiger partial charge in [0.25, 0.3) is 5.91 Å². The number of hydrogen-bond acceptors (Lipinski definition) is 4. The van der Waals surface area contributed by atoms with E-state index in [2.05, 4.69) is 26.6 Å². The molecule has 0 saturated heterocycles. The van der Waals surface area contributed by atoms with Gasteiger partial charge in [-0.1, -0.05) is 15.9 Å². The summed E-state index contributed by atoms with van der Waals surface area (Å²) in [6.45, 7) is 5.31. The van der Waals surface area contributed by atoms with Crippen LogP contribution in [0.25, 0.3) is 0 Å². The monoisotopic (exact) mass is 358 g/mol. The van der Waals surface area contributed by atoms with Crippen LogP contribution < -0.4 is 15.4 Å². The molecule has 0 aliphatic carbocycles. The number of halogens is 1. The summed E-state index contributed by atoms with van der Waals surface area (Å²) < 4.78 is 6.33. The van der Waals surface area contributed by atoms with E-state index in [1.54, 1.807) is 32.0 Å². The van der Waals surface area contributed by atoms with Crippen molar-refractivity contribution in [3.8, 4) is 5.75 Å². The fourth-order valence-corrected chi connectivity index (χ4v) is 1.99. The summed E-state index contributed by atoms with van der Waals surface area (Å²) in [6.07, 6.45) is -1.61. The molecule has 0 fully saturated rings. The first-order valence-corrected chi connectivity index (χ1v) is 7.37. The van der Waals surface area contributed by atoms with Crippen LogP contribution in [0, 0.1) is 0 Å². The zero-order chi connectivity index (χ0) is 16.0. The minimum atomic E-state index is -0.869. The SMILES string of the molecule is CCNC(=O)NC(=O)C(C)Oc1ccc(Br)cc1[C@@H](C)O. The number of hydrogen-bond donors (Lipinski definition) is 3. The highest BCUT2D eigenvalue weighted by Gasteiger charge is 2.19. The van der Waals surface area contributed by atoms with Crippen molar-refractivity contribution in [3.63, 3.8) is 0 Å². The molecule has 116 valence electrons. The number of nitrogens with one attached hydrogen (secondary N) is 2. The van der Waals surface area contributed by atoms with Crippen molar-refractivity contribution in [1.29, 1.82) is 0 Å². The van der Waals surface area contributed by atoms with Crippen LogP contribution in [0.4, 0.5) is 4.79 Å². The van der Waals surface area contributed by atoms with Gasteiger partial charge in [-0.2, -0.15) is 0 Å². The Labute approximate surface area is 132 Å². The number of benzene rings is 1. The van der Waals surface area contributed by atoms with E-state index < -0.39 is 24.1 Å². The van der Waals surface area contributed by atoms with Crippen LogP contribution in [0.2, 0.25) is 0 Å². The van der Waals surface area contributed by atoms with E-state index in [1.165, 1.54) is 6.92 Å². The van der Waals surface area contributed by atoms with Gasteiger partial charge in [0.1, 0.15) is 5.75 Å². The third-order valence-corrected chi connectivity index (χ3v) is 3.16. The highest BCUT2D eigenvalue weighted by atomic mass is 79.9. The first kappa shape index (κ1) is 17.5. The van der Waals surface area contributed by atoms with Gasteiger partial charge in [0.05, 0.1) is 6.10 Å². The smallest absolute Gasteiger partial charge is 0.321 e. The largest absolute Gasteiger partial charge is 0.480 e. The highest BCUT2D eigenvalue weighted by Crippen LogP contribution is 2.29. The summed E-state index contributed by atoms with van der Waals surface area (Å²) in [5, 5.41) is 14.4. The van der Waals surface area contributed by atoms with E-state index in [0.717, 1.165) is 4.47 Å². The molecule has 0 heterocycles. The Morgan fingerprint density at radius 1 is 1.38 bits per heavy atom. The van der Waals surface area contributed by atoms with E-state index in [4.69, 9.17) is 4.74 Å². The van der Waals surface area contributed by atoms with Gasteiger partial charge < -0.3 is 15.2 Å². The quantitative estimate of drug-likeness (QED) is 0.752. The predicted octanol–water partition coefficient (Wildman–Crippen LogP) is 2.12. The predicted molar refractivity (Wildman–Crippen MR) is 82.1 cm³/mol. The molecular formula is C14H19BrN2O4. The molecule has 3 N–H and O–H groups in total. The first-order valence-electron chi connectivity index (χ1n) is 6.58. The molecule has 3 amide bonds. The topological polar surface area (TPSA) is 87.7 Å². The maximum atomic E-state index is 11.8. The Bertz CT molecular complexity index is 520. The van der Waals surface area contributed by atoms with E-state index in [9.17, 15) is 14.7 Å². The van der Waals surface area contributed by atoms with E-state index in [1.807, 2.05) is 0 Å². The molecule has 0 bridgehead atoms. The molecule has 1 rings (SSSR count). The number of aliphatic hydroxyl groups excluding tert-OH is 1. The van der Waals surface area contributed by atoms with Crippen molar-refractivity contribution in [3.05, 3.63) is 28.2 Å². The van der Waals surface area contributed by atoms with E-state index in [0.29, 0.717) is 17.9 Å². The number of carbonyl (C=O) groups excluding carboxylic acids is 2. The Hall–Kier alpha value is -1.60. The summed E-state index contributed by atoms with van der Waals surface area (Å²) in [4.78, 5) is 23.1. The van der Waals surface area contributed by atoms with E-state index in [-0.39, 0.29) is 0 Å². The van der Waals surface area contributed by atoms with Crippen molar-refractivity contribution in [2.24, 2.45) is 0 Å². The van der Waals surface area contributed by atoms with Gasteiger partial charge >= 0.3 is 6.03 Å². The third-order valence-electron chi connectivity index (χ3n) is 2.67. The maximum Gasteiger partial charge on any atom is 0.321 e. The number of ether oxygens (including phenoxy) is 1. The standard InChI is InChI=1S/C14H19BrN2O4/c1-4-16-14(20)17-13(19)9(3)21-12-6-5-10(15)7-11(12)8(2)18/h5-9,18H,4H2,1-3H3,(H2,16,17,19,20)/t8-,9?/m1/s1. The number of imide groups is 1. The molecule has 1 unspecified atom stereocenters. The Morgan fingerprint density at radius 3 is 2.62 bits per heavy atom. The second-order valence-electron chi connectivity index (χ2n) is 4.47. The van der Waals surface area contributed by atoms with Crippen LogP contribution >= 0.6 is 15.9 Å². The summed E-state index contributed by atoms with van der Waals surface area (Å²) in [5.41, 5.74) is 0.557. The van der Waals surface area contributed by atoms with Crippen molar-refractivity contribution in [2.45, 2.75) is 33.0 Å². The molecule has 0 aromatic heterocycles. The van der Waals surface area contributed by atoms with Gasteiger partial charge in [-0.05, 0) is 39.0 Å². The molecule has 7 heteroatoms. The Morgan fingerprint density at radius 2 is 2.05 bits per heavy atom. The van der Waals surface area contributed by atoms with Gasteiger partial charge in [0, 0.05) is 16.6 Å². The first-order chi connectivity index (χ1) is 9.85. The zero-order valence-electron chi connectivity index (χ0n) is 12.1. The number of urea groups is 1. The minimum Gasteiger partial charge on any atom is -0.480 e. The van der Waals surface area contributed by atoms with Crippen LogP contribution in [0.1, 0.15) is 32.4 Å². The summed E-state index contributed by atoms with van der Waals surface area (Å²) in [6, 6.07) is 4.55. The van der Waals surface area contributed by atoms with Crippen molar-refractivity contribution < 1.29 is 19.4 Å². The van der Waals surface area contributed by atoms with Crippen LogP contribution in [-0.2, 0) is 4.79 Å². The minimum absolute atomic E-state index is 0.395. The third kappa shape index (κ3) is 5.35. The van der Waals surface area contributed by atoms with Crippen molar-refractivity contribution in [1.82, 2.24) is 10.6 Å². The number of carbonyl (C=O) groups is 2. The molecule has 0 spiro atoms. The Kier molecular flexibility index (Phi) is 6.64. The maximum absolute atomic E-state index is 11.8. The average Bonchev–Trinajstić information content (AvgIpc) is 2.40. The highest BCUT2D eigenvalue weighted by molar-refractivity contribution is 9.10. The van der Waals surface area contributed by atoms with Gasteiger partial charge in [-0.25, -0.2) is 4.79 Å². The van der Waals surface area contributed by atoms with Crippen molar-refractivity contribution >= 4 is 27.9 Å². The lowest BCUT2D eigenvalue weighted by Gasteiger charge is -2.18. The number of rotatable bonds is 5. The van der Waals surface area contributed by atoms with Crippen LogP contribution in [-0.4, -0.2) is 29.7 Å². The lowest BCUT2D eigenvalue weighted by atomic mass is 10.1. The fourth-order valence-electron chi connectivity index (χ4n) is 1.62. The molecule has 6 nitrogen and oxygen atoms in total. The lowest BCUT2D eigenvalue weighted by molar-refractivity contribution is -0.126. The Balaban J connectivity index is 2.76. The average molecular weight is 359 g/mol. The number of amides is 3. The molecular weight excluding hydrogens is 340 g/mol. The molecule has 21 heavy (non-hydrogen) atoms. The summed E-state index contributed by atoms with van der Waals surface area (Å²) >= 11 is 3.31. The second kappa shape index (κ2) is 7.99. The van der Waals surface area contributed by atoms with Gasteiger partial charge in [0.15, 0.2) is 6.10 Å². The lowest BCUT2D eigenvalue weighted by Crippen LogP contribution is -2.45. The fraction of sp³-hybridized carbons (Fsp3) is 0.429. The second-order valence-corrected chi connectivity index (χ2v) is 5.38. The molecule has 1 aromatic rings. The normalized spacial score (nSPS) is 13.2. The molecule has 0 aliphatic heterocycles. The van der Waals surface area contributed by atoms with Crippen LogP contribution in [0.3, 0.4) is 0 Å². The molecule has 0 saturated carbocycles. The summed E-state index contributed by atoms with van der Waals surface area (Å²) in [7, 11) is 0. The van der Waals surface area contributed by atoms with Gasteiger partial charge in [-0.15, -0.1) is 0 Å². The zero-order valence-corrected chi connectivity index (χ0v) is 13.7.